The summed E-state index contributed by atoms with van der Waals surface area (Å²) in [6, 6.07) is 14.7. The number of nitrogens with zero attached hydrogens (tertiary/aromatic N) is 4. The second-order valence-electron chi connectivity index (χ2n) is 6.84. The highest BCUT2D eigenvalue weighted by atomic mass is 32.2. The van der Waals surface area contributed by atoms with Gasteiger partial charge in [0.15, 0.2) is 5.69 Å². The standard InChI is InChI=1S/C20H20N6O5S/c27-19(15-5-4-8-17(13-15)32(29,30)25-9-11-31-12-10-25)22-23-20(28)18-14-26(24-21-18)16-6-2-1-3-7-16/h1-8,13-14H,9-12H2,(H,22,27)(H,23,28). The molecule has 12 heteroatoms. The van der Waals surface area contributed by atoms with Crippen LogP contribution in [0.1, 0.15) is 20.8 Å². The lowest BCUT2D eigenvalue weighted by molar-refractivity contribution is 0.0730. The molecule has 0 radical (unpaired) electrons. The Balaban J connectivity index is 1.41. The van der Waals surface area contributed by atoms with Crippen molar-refractivity contribution in [2.45, 2.75) is 4.90 Å². The maximum Gasteiger partial charge on any atom is 0.291 e. The third-order valence-electron chi connectivity index (χ3n) is 4.74. The lowest BCUT2D eigenvalue weighted by Crippen LogP contribution is -2.42. The average molecular weight is 456 g/mol. The van der Waals surface area contributed by atoms with Crippen LogP contribution in [-0.4, -0.2) is 65.8 Å². The molecule has 3 aromatic rings. The van der Waals surface area contributed by atoms with Crippen LogP contribution in [0.3, 0.4) is 0 Å². The molecule has 166 valence electrons. The van der Waals surface area contributed by atoms with E-state index in [1.165, 1.54) is 39.4 Å². The monoisotopic (exact) mass is 456 g/mol. The highest BCUT2D eigenvalue weighted by molar-refractivity contribution is 7.89. The number of rotatable bonds is 5. The van der Waals surface area contributed by atoms with Gasteiger partial charge in [0, 0.05) is 18.7 Å². The van der Waals surface area contributed by atoms with Crippen LogP contribution < -0.4 is 10.9 Å². The molecule has 0 atom stereocenters. The minimum Gasteiger partial charge on any atom is -0.379 e. The Kier molecular flexibility index (Phi) is 6.25. The van der Waals surface area contributed by atoms with E-state index in [2.05, 4.69) is 21.2 Å². The first-order valence-electron chi connectivity index (χ1n) is 9.71. The van der Waals surface area contributed by atoms with Crippen molar-refractivity contribution < 1.29 is 22.7 Å². The number of carbonyl (C=O) groups is 2. The van der Waals surface area contributed by atoms with Crippen molar-refractivity contribution in [1.29, 1.82) is 0 Å². The van der Waals surface area contributed by atoms with Crippen molar-refractivity contribution in [3.8, 4) is 5.69 Å². The lowest BCUT2D eigenvalue weighted by atomic mass is 10.2. The fourth-order valence-corrected chi connectivity index (χ4v) is 4.51. The summed E-state index contributed by atoms with van der Waals surface area (Å²) in [5.74, 6) is -1.34. The van der Waals surface area contributed by atoms with Gasteiger partial charge in [-0.3, -0.25) is 20.4 Å². The molecule has 1 aliphatic heterocycles. The number of sulfonamides is 1. The summed E-state index contributed by atoms with van der Waals surface area (Å²) in [5, 5.41) is 7.68. The van der Waals surface area contributed by atoms with E-state index in [-0.39, 0.29) is 29.2 Å². The molecule has 1 fully saturated rings. The molecule has 0 spiro atoms. The van der Waals surface area contributed by atoms with E-state index in [0.717, 1.165) is 5.69 Å². The number of hydrogen-bond donors (Lipinski definition) is 2. The number of aromatic nitrogens is 3. The minimum absolute atomic E-state index is 0.00204. The van der Waals surface area contributed by atoms with Crippen molar-refractivity contribution in [2.75, 3.05) is 26.3 Å². The van der Waals surface area contributed by atoms with Gasteiger partial charge in [-0.2, -0.15) is 4.31 Å². The quantitative estimate of drug-likeness (QED) is 0.529. The van der Waals surface area contributed by atoms with Crippen LogP contribution in [0.15, 0.2) is 65.7 Å². The topological polar surface area (TPSA) is 136 Å². The van der Waals surface area contributed by atoms with Gasteiger partial charge in [-0.05, 0) is 30.3 Å². The van der Waals surface area contributed by atoms with Crippen LogP contribution in [0.4, 0.5) is 0 Å². The fourth-order valence-electron chi connectivity index (χ4n) is 3.06. The molecule has 11 nitrogen and oxygen atoms in total. The Bertz CT molecular complexity index is 1220. The molecule has 4 rings (SSSR count). The molecule has 1 saturated heterocycles. The molecule has 2 heterocycles. The molecule has 2 N–H and O–H groups in total. The van der Waals surface area contributed by atoms with Gasteiger partial charge < -0.3 is 4.74 Å². The van der Waals surface area contributed by atoms with Gasteiger partial charge in [-0.15, -0.1) is 5.10 Å². The van der Waals surface area contributed by atoms with Gasteiger partial charge in [0.25, 0.3) is 11.8 Å². The van der Waals surface area contributed by atoms with Crippen LogP contribution in [0, 0.1) is 0 Å². The smallest absolute Gasteiger partial charge is 0.291 e. The highest BCUT2D eigenvalue weighted by Crippen LogP contribution is 2.18. The Morgan fingerprint density at radius 3 is 2.41 bits per heavy atom. The van der Waals surface area contributed by atoms with Crippen LogP contribution in [-0.2, 0) is 14.8 Å². The van der Waals surface area contributed by atoms with Crippen LogP contribution in [0.5, 0.6) is 0 Å². The largest absolute Gasteiger partial charge is 0.379 e. The van der Waals surface area contributed by atoms with Gasteiger partial charge in [0.05, 0.1) is 30.0 Å². The van der Waals surface area contributed by atoms with Crippen LogP contribution in [0.2, 0.25) is 0 Å². The van der Waals surface area contributed by atoms with Crippen LogP contribution in [0.25, 0.3) is 5.69 Å². The van der Waals surface area contributed by atoms with E-state index >= 15 is 0 Å². The van der Waals surface area contributed by atoms with Gasteiger partial charge >= 0.3 is 0 Å². The Labute approximate surface area is 184 Å². The molecule has 2 aromatic carbocycles. The van der Waals surface area contributed by atoms with Crippen molar-refractivity contribution in [3.63, 3.8) is 0 Å². The molecule has 0 bridgehead atoms. The number of hydrogen-bond acceptors (Lipinski definition) is 7. The summed E-state index contributed by atoms with van der Waals surface area (Å²) in [7, 11) is -3.75. The fraction of sp³-hybridized carbons (Fsp3) is 0.200. The van der Waals surface area contributed by atoms with Gasteiger partial charge in [0.1, 0.15) is 0 Å². The zero-order chi connectivity index (χ0) is 22.6. The van der Waals surface area contributed by atoms with Gasteiger partial charge in [-0.25, -0.2) is 13.1 Å². The van der Waals surface area contributed by atoms with Crippen molar-refractivity contribution in [2.24, 2.45) is 0 Å². The summed E-state index contributed by atoms with van der Waals surface area (Å²) in [6.45, 7) is 1.14. The second kappa shape index (κ2) is 9.26. The maximum absolute atomic E-state index is 12.8. The first-order valence-corrected chi connectivity index (χ1v) is 11.2. The summed E-state index contributed by atoms with van der Waals surface area (Å²) in [6.07, 6.45) is 1.42. The second-order valence-corrected chi connectivity index (χ2v) is 8.77. The summed E-state index contributed by atoms with van der Waals surface area (Å²) in [4.78, 5) is 24.8. The third-order valence-corrected chi connectivity index (χ3v) is 6.64. The van der Waals surface area contributed by atoms with Gasteiger partial charge in [0.2, 0.25) is 10.0 Å². The number of hydrazine groups is 1. The number of ether oxygens (including phenoxy) is 1. The number of morpholine rings is 1. The summed E-state index contributed by atoms with van der Waals surface area (Å²) < 4.78 is 33.5. The van der Waals surface area contributed by atoms with E-state index in [0.29, 0.717) is 13.2 Å². The van der Waals surface area contributed by atoms with E-state index < -0.39 is 21.8 Å². The van der Waals surface area contributed by atoms with Gasteiger partial charge in [-0.1, -0.05) is 29.5 Å². The van der Waals surface area contributed by atoms with Crippen LogP contribution >= 0.6 is 0 Å². The predicted molar refractivity (Wildman–Crippen MR) is 112 cm³/mol. The first kappa shape index (κ1) is 21.6. The summed E-state index contributed by atoms with van der Waals surface area (Å²) >= 11 is 0. The number of carbonyl (C=O) groups excluding carboxylic acids is 2. The lowest BCUT2D eigenvalue weighted by Gasteiger charge is -2.26. The molecular weight excluding hydrogens is 436 g/mol. The zero-order valence-corrected chi connectivity index (χ0v) is 17.7. The zero-order valence-electron chi connectivity index (χ0n) is 16.8. The number of benzene rings is 2. The number of amides is 2. The van der Waals surface area contributed by atoms with Crippen molar-refractivity contribution in [1.82, 2.24) is 30.2 Å². The van der Waals surface area contributed by atoms with Crippen molar-refractivity contribution >= 4 is 21.8 Å². The van der Waals surface area contributed by atoms with E-state index in [1.54, 1.807) is 12.1 Å². The maximum atomic E-state index is 12.8. The third kappa shape index (κ3) is 4.66. The molecule has 0 aliphatic carbocycles. The number of nitrogens with one attached hydrogen (secondary N) is 2. The highest BCUT2D eigenvalue weighted by Gasteiger charge is 2.27. The normalized spacial score (nSPS) is 14.6. The Morgan fingerprint density at radius 1 is 0.938 bits per heavy atom. The Hall–Kier alpha value is -3.61. The minimum atomic E-state index is -3.75. The molecule has 1 aliphatic rings. The first-order chi connectivity index (χ1) is 15.4. The number of para-hydroxylation sites is 1. The molecule has 0 unspecified atom stereocenters. The van der Waals surface area contributed by atoms with Crippen molar-refractivity contribution in [3.05, 3.63) is 72.1 Å². The molecular formula is C20H20N6O5S. The SMILES string of the molecule is O=C(NNC(=O)c1cn(-c2ccccc2)nn1)c1cccc(S(=O)(=O)N2CCOCC2)c1. The average Bonchev–Trinajstić information content (AvgIpc) is 3.34. The Morgan fingerprint density at radius 2 is 1.66 bits per heavy atom. The molecule has 2 amide bonds. The molecule has 1 aromatic heterocycles. The van der Waals surface area contributed by atoms with E-state index in [4.69, 9.17) is 4.74 Å². The van der Waals surface area contributed by atoms with E-state index in [1.807, 2.05) is 18.2 Å². The summed E-state index contributed by atoms with van der Waals surface area (Å²) in [5.41, 5.74) is 5.31. The molecule has 32 heavy (non-hydrogen) atoms. The molecule has 0 saturated carbocycles. The van der Waals surface area contributed by atoms with E-state index in [9.17, 15) is 18.0 Å². The predicted octanol–water partition coefficient (Wildman–Crippen LogP) is 0.363.